The largest absolute Gasteiger partial charge is 0.390 e. The lowest BCUT2D eigenvalue weighted by atomic mass is 10.2. The first-order chi connectivity index (χ1) is 12.1. The Hall–Kier alpha value is -2.45. The number of carbonyl (C=O) groups is 1. The predicted molar refractivity (Wildman–Crippen MR) is 94.3 cm³/mol. The number of anilines is 1. The Bertz CT molecular complexity index is 731. The normalized spacial score (nSPS) is 18.8. The fraction of sp³-hybridized carbons (Fsp3) is 0.471. The Morgan fingerprint density at radius 2 is 2.24 bits per heavy atom. The molecule has 2 aromatic heterocycles. The molecule has 1 fully saturated rings. The lowest BCUT2D eigenvalue weighted by Crippen LogP contribution is -2.37. The maximum Gasteiger partial charge on any atom is 0.254 e. The van der Waals surface area contributed by atoms with Crippen LogP contribution in [-0.4, -0.2) is 75.1 Å². The molecule has 0 saturated carbocycles. The van der Waals surface area contributed by atoms with Crippen LogP contribution in [0.4, 0.5) is 5.82 Å². The highest BCUT2D eigenvalue weighted by molar-refractivity contribution is 5.94. The van der Waals surface area contributed by atoms with Crippen LogP contribution in [0.25, 0.3) is 0 Å². The van der Waals surface area contributed by atoms with E-state index in [0.717, 1.165) is 11.4 Å². The van der Waals surface area contributed by atoms with Gasteiger partial charge in [-0.15, -0.1) is 0 Å². The molecule has 0 unspecified atom stereocenters. The number of nitrogens with zero attached hydrogens (tertiary/aromatic N) is 4. The summed E-state index contributed by atoms with van der Waals surface area (Å²) in [6, 6.07) is 3.43. The molecule has 3 rings (SSSR count). The molecular weight excluding hydrogens is 320 g/mol. The molecule has 1 atom stereocenters. The number of rotatable bonds is 4. The van der Waals surface area contributed by atoms with E-state index in [1.807, 2.05) is 6.92 Å². The van der Waals surface area contributed by atoms with Crippen LogP contribution in [-0.2, 0) is 6.54 Å². The quantitative estimate of drug-likeness (QED) is 0.746. The number of hydrogen-bond donors (Lipinski definition) is 3. The Morgan fingerprint density at radius 1 is 1.40 bits per heavy atom. The van der Waals surface area contributed by atoms with E-state index in [9.17, 15) is 9.90 Å². The molecule has 3 heterocycles. The van der Waals surface area contributed by atoms with E-state index in [2.05, 4.69) is 25.2 Å². The number of imidazole rings is 1. The predicted octanol–water partition coefficient (Wildman–Crippen LogP) is 0.474. The zero-order valence-electron chi connectivity index (χ0n) is 14.6. The van der Waals surface area contributed by atoms with Gasteiger partial charge in [-0.3, -0.25) is 9.69 Å². The van der Waals surface area contributed by atoms with Gasteiger partial charge in [0.25, 0.3) is 5.91 Å². The molecule has 1 aliphatic rings. The van der Waals surface area contributed by atoms with Crippen LogP contribution in [0.2, 0.25) is 0 Å². The average molecular weight is 344 g/mol. The smallest absolute Gasteiger partial charge is 0.254 e. The van der Waals surface area contributed by atoms with E-state index in [0.29, 0.717) is 44.1 Å². The molecule has 0 aromatic carbocycles. The van der Waals surface area contributed by atoms with Crippen molar-refractivity contribution in [2.75, 3.05) is 38.5 Å². The summed E-state index contributed by atoms with van der Waals surface area (Å²) >= 11 is 0. The van der Waals surface area contributed by atoms with Crippen LogP contribution in [0, 0.1) is 6.92 Å². The van der Waals surface area contributed by atoms with E-state index < -0.39 is 6.10 Å². The van der Waals surface area contributed by atoms with Crippen molar-refractivity contribution in [1.29, 1.82) is 0 Å². The van der Waals surface area contributed by atoms with E-state index in [1.165, 1.54) is 0 Å². The standard InChI is InChI=1S/C17H24N6O2/c1-12-15(21-11-20-12)10-22-5-6-23(9-14(24)8-22)17(25)13-3-4-19-16(7-13)18-2/h3-4,7,11,14,24H,5-6,8-10H2,1-2H3,(H,18,19)(H,20,21)/t14-/m1/s1. The molecule has 0 bridgehead atoms. The molecule has 0 radical (unpaired) electrons. The molecule has 1 amide bonds. The minimum atomic E-state index is -0.587. The Kier molecular flexibility index (Phi) is 5.30. The third-order valence-electron chi connectivity index (χ3n) is 4.44. The van der Waals surface area contributed by atoms with Crippen LogP contribution in [0.1, 0.15) is 21.7 Å². The van der Waals surface area contributed by atoms with Gasteiger partial charge in [0.1, 0.15) is 5.82 Å². The van der Waals surface area contributed by atoms with Crippen molar-refractivity contribution in [3.63, 3.8) is 0 Å². The van der Waals surface area contributed by atoms with Gasteiger partial charge in [-0.25, -0.2) is 9.97 Å². The number of β-amino-alcohol motifs (C(OH)–C–C–N with tert-alkyl or cyclic N) is 1. The monoisotopic (exact) mass is 344 g/mol. The van der Waals surface area contributed by atoms with E-state index in [4.69, 9.17) is 0 Å². The second-order valence-electron chi connectivity index (χ2n) is 6.29. The van der Waals surface area contributed by atoms with Gasteiger partial charge >= 0.3 is 0 Å². The number of pyridine rings is 1. The van der Waals surface area contributed by atoms with Crippen molar-refractivity contribution in [1.82, 2.24) is 24.8 Å². The topological polar surface area (TPSA) is 97.4 Å². The Balaban J connectivity index is 1.68. The van der Waals surface area contributed by atoms with Gasteiger partial charge in [0.15, 0.2) is 0 Å². The van der Waals surface area contributed by atoms with Gasteiger partial charge in [-0.2, -0.15) is 0 Å². The molecule has 1 saturated heterocycles. The summed E-state index contributed by atoms with van der Waals surface area (Å²) in [7, 11) is 1.77. The van der Waals surface area contributed by atoms with Crippen molar-refractivity contribution in [3.8, 4) is 0 Å². The highest BCUT2D eigenvalue weighted by Crippen LogP contribution is 2.14. The van der Waals surface area contributed by atoms with Crippen LogP contribution < -0.4 is 5.32 Å². The summed E-state index contributed by atoms with van der Waals surface area (Å²) in [5, 5.41) is 13.3. The maximum absolute atomic E-state index is 12.8. The van der Waals surface area contributed by atoms with E-state index in [-0.39, 0.29) is 5.91 Å². The van der Waals surface area contributed by atoms with Crippen molar-refractivity contribution >= 4 is 11.7 Å². The van der Waals surface area contributed by atoms with Crippen LogP contribution in [0.3, 0.4) is 0 Å². The first kappa shape index (κ1) is 17.4. The molecule has 0 spiro atoms. The van der Waals surface area contributed by atoms with Crippen molar-refractivity contribution in [2.45, 2.75) is 19.6 Å². The van der Waals surface area contributed by atoms with Gasteiger partial charge in [0.05, 0.1) is 18.1 Å². The summed E-state index contributed by atoms with van der Waals surface area (Å²) in [5.74, 6) is 0.563. The van der Waals surface area contributed by atoms with Crippen LogP contribution >= 0.6 is 0 Å². The van der Waals surface area contributed by atoms with Gasteiger partial charge in [-0.05, 0) is 19.1 Å². The minimum absolute atomic E-state index is 0.0873. The molecule has 0 aliphatic carbocycles. The molecule has 8 nitrogen and oxygen atoms in total. The number of aryl methyl sites for hydroxylation is 1. The third-order valence-corrected chi connectivity index (χ3v) is 4.44. The number of aromatic nitrogens is 3. The molecule has 25 heavy (non-hydrogen) atoms. The van der Waals surface area contributed by atoms with Crippen LogP contribution in [0.15, 0.2) is 24.7 Å². The highest BCUT2D eigenvalue weighted by atomic mass is 16.3. The van der Waals surface area contributed by atoms with E-state index in [1.54, 1.807) is 36.6 Å². The van der Waals surface area contributed by atoms with Crippen LogP contribution in [0.5, 0.6) is 0 Å². The Morgan fingerprint density at radius 3 is 2.96 bits per heavy atom. The fourth-order valence-corrected chi connectivity index (χ4v) is 3.02. The van der Waals surface area contributed by atoms with Gasteiger partial charge in [0.2, 0.25) is 0 Å². The number of aromatic amines is 1. The number of nitrogens with one attached hydrogen (secondary N) is 2. The molecule has 134 valence electrons. The van der Waals surface area contributed by atoms with Gasteiger partial charge in [0, 0.05) is 57.2 Å². The second-order valence-corrected chi connectivity index (χ2v) is 6.29. The number of carbonyl (C=O) groups excluding carboxylic acids is 1. The summed E-state index contributed by atoms with van der Waals surface area (Å²) in [4.78, 5) is 28.1. The summed E-state index contributed by atoms with van der Waals surface area (Å²) < 4.78 is 0. The molecule has 1 aliphatic heterocycles. The lowest BCUT2D eigenvalue weighted by molar-refractivity contribution is 0.0663. The summed E-state index contributed by atoms with van der Waals surface area (Å²) in [6.45, 7) is 4.75. The first-order valence-electron chi connectivity index (χ1n) is 8.39. The fourth-order valence-electron chi connectivity index (χ4n) is 3.02. The number of H-pyrrole nitrogens is 1. The minimum Gasteiger partial charge on any atom is -0.390 e. The zero-order valence-corrected chi connectivity index (χ0v) is 14.6. The summed E-state index contributed by atoms with van der Waals surface area (Å²) in [5.41, 5.74) is 2.57. The SMILES string of the molecule is CNc1cc(C(=O)N2CCN(Cc3nc[nH]c3C)C[C@@H](O)C2)ccn1. The van der Waals surface area contributed by atoms with Gasteiger partial charge in [-0.1, -0.05) is 0 Å². The number of hydrogen-bond acceptors (Lipinski definition) is 6. The molecule has 3 N–H and O–H groups in total. The van der Waals surface area contributed by atoms with Crippen molar-refractivity contribution in [3.05, 3.63) is 41.6 Å². The number of amides is 1. The summed E-state index contributed by atoms with van der Waals surface area (Å²) in [6.07, 6.45) is 2.70. The van der Waals surface area contributed by atoms with E-state index >= 15 is 0 Å². The Labute approximate surface area is 146 Å². The lowest BCUT2D eigenvalue weighted by Gasteiger charge is -2.22. The molecule has 8 heteroatoms. The highest BCUT2D eigenvalue weighted by Gasteiger charge is 2.26. The maximum atomic E-state index is 12.8. The third kappa shape index (κ3) is 4.15. The molecule has 2 aromatic rings. The van der Waals surface area contributed by atoms with Gasteiger partial charge < -0.3 is 20.3 Å². The van der Waals surface area contributed by atoms with Crippen molar-refractivity contribution < 1.29 is 9.90 Å². The molecular formula is C17H24N6O2. The average Bonchev–Trinajstić information content (AvgIpc) is 2.92. The first-order valence-corrected chi connectivity index (χ1v) is 8.39. The second kappa shape index (κ2) is 7.62. The number of aliphatic hydroxyl groups is 1. The zero-order chi connectivity index (χ0) is 17.8. The van der Waals surface area contributed by atoms with Crippen molar-refractivity contribution in [2.24, 2.45) is 0 Å². The number of aliphatic hydroxyl groups excluding tert-OH is 1.